The number of rotatable bonds is 5. The van der Waals surface area contributed by atoms with Gasteiger partial charge in [0.2, 0.25) is 0 Å². The van der Waals surface area contributed by atoms with Gasteiger partial charge >= 0.3 is 0 Å². The van der Waals surface area contributed by atoms with E-state index in [0.717, 1.165) is 26.1 Å². The average Bonchev–Trinajstić information content (AvgIpc) is 2.61. The van der Waals surface area contributed by atoms with Crippen LogP contribution in [0.25, 0.3) is 0 Å². The van der Waals surface area contributed by atoms with E-state index in [-0.39, 0.29) is 0 Å². The highest BCUT2D eigenvalue weighted by atomic mass is 32.2. The van der Waals surface area contributed by atoms with Crippen LogP contribution in [0.4, 0.5) is 0 Å². The number of hydrogen-bond acceptors (Lipinski definition) is 4. The zero-order valence-corrected chi connectivity index (χ0v) is 13.8. The van der Waals surface area contributed by atoms with Crippen LogP contribution in [0.2, 0.25) is 0 Å². The third-order valence-electron chi connectivity index (χ3n) is 4.11. The fraction of sp³-hybridized carbons (Fsp3) is 0.625. The summed E-state index contributed by atoms with van der Waals surface area (Å²) in [4.78, 5) is 2.25. The van der Waals surface area contributed by atoms with E-state index >= 15 is 0 Å². The molecule has 1 fully saturated rings. The molecule has 1 unspecified atom stereocenters. The Labute approximate surface area is 128 Å². The van der Waals surface area contributed by atoms with Crippen molar-refractivity contribution in [2.24, 2.45) is 0 Å². The molecular weight excluding hydrogens is 284 g/mol. The lowest BCUT2D eigenvalue weighted by atomic mass is 10.00. The second-order valence-corrected chi connectivity index (χ2v) is 8.29. The van der Waals surface area contributed by atoms with Gasteiger partial charge in [-0.05, 0) is 37.1 Å². The Morgan fingerprint density at radius 2 is 1.90 bits per heavy atom. The highest BCUT2D eigenvalue weighted by Gasteiger charge is 2.19. The van der Waals surface area contributed by atoms with Crippen LogP contribution in [0.15, 0.2) is 24.3 Å². The molecule has 1 atom stereocenters. The molecule has 0 bridgehead atoms. The maximum Gasteiger partial charge on any atom is 0.151 e. The standard InChI is InChI=1S/C16H26N2O2S/c1-14(12-17-2)16-6-4-15(5-7-16)13-18-8-3-10-21(19,20)11-9-18/h4-7,14,17H,3,8-13H2,1-2H3. The van der Waals surface area contributed by atoms with Crippen molar-refractivity contribution in [3.63, 3.8) is 0 Å². The molecule has 0 spiro atoms. The van der Waals surface area contributed by atoms with Crippen molar-refractivity contribution in [3.05, 3.63) is 35.4 Å². The molecule has 1 aliphatic rings. The predicted molar refractivity (Wildman–Crippen MR) is 87.3 cm³/mol. The van der Waals surface area contributed by atoms with E-state index in [2.05, 4.69) is 41.4 Å². The van der Waals surface area contributed by atoms with Crippen LogP contribution < -0.4 is 5.32 Å². The van der Waals surface area contributed by atoms with E-state index in [1.807, 2.05) is 7.05 Å². The minimum atomic E-state index is -2.82. The third kappa shape index (κ3) is 5.09. The first-order valence-electron chi connectivity index (χ1n) is 7.66. The average molecular weight is 310 g/mol. The van der Waals surface area contributed by atoms with Gasteiger partial charge in [-0.3, -0.25) is 4.90 Å². The number of likely N-dealkylation sites (N-methyl/N-ethyl adjacent to an activating group) is 1. The summed E-state index contributed by atoms with van der Waals surface area (Å²) in [7, 11) is -0.847. The van der Waals surface area contributed by atoms with E-state index in [1.165, 1.54) is 11.1 Å². The molecule has 4 nitrogen and oxygen atoms in total. The number of hydrogen-bond donors (Lipinski definition) is 1. The van der Waals surface area contributed by atoms with Crippen LogP contribution >= 0.6 is 0 Å². The largest absolute Gasteiger partial charge is 0.319 e. The summed E-state index contributed by atoms with van der Waals surface area (Å²) >= 11 is 0. The molecule has 1 aliphatic heterocycles. The van der Waals surface area contributed by atoms with Crippen LogP contribution in [0.1, 0.15) is 30.4 Å². The molecule has 5 heteroatoms. The quantitative estimate of drug-likeness (QED) is 0.898. The van der Waals surface area contributed by atoms with Gasteiger partial charge in [-0.15, -0.1) is 0 Å². The smallest absolute Gasteiger partial charge is 0.151 e. The van der Waals surface area contributed by atoms with Gasteiger partial charge < -0.3 is 5.32 Å². The van der Waals surface area contributed by atoms with Gasteiger partial charge in [-0.1, -0.05) is 31.2 Å². The molecular formula is C16H26N2O2S. The maximum atomic E-state index is 11.6. The molecule has 0 aromatic heterocycles. The fourth-order valence-corrected chi connectivity index (χ4v) is 4.09. The molecule has 2 rings (SSSR count). The van der Waals surface area contributed by atoms with Gasteiger partial charge in [0, 0.05) is 19.6 Å². The van der Waals surface area contributed by atoms with Crippen molar-refractivity contribution in [2.75, 3.05) is 38.2 Å². The molecule has 1 aromatic carbocycles. The Kier molecular flexibility index (Phi) is 5.79. The summed E-state index contributed by atoms with van der Waals surface area (Å²) in [5, 5.41) is 3.20. The molecule has 0 radical (unpaired) electrons. The van der Waals surface area contributed by atoms with Crippen molar-refractivity contribution >= 4 is 9.84 Å². The Bertz CT molecular complexity index is 540. The minimum absolute atomic E-state index is 0.296. The predicted octanol–water partition coefficient (Wildman–Crippen LogP) is 1.63. The Balaban J connectivity index is 1.94. The summed E-state index contributed by atoms with van der Waals surface area (Å²) in [5.74, 6) is 1.14. The van der Waals surface area contributed by atoms with E-state index in [9.17, 15) is 8.42 Å². The zero-order valence-electron chi connectivity index (χ0n) is 13.0. The van der Waals surface area contributed by atoms with Gasteiger partial charge in [0.05, 0.1) is 11.5 Å². The topological polar surface area (TPSA) is 49.4 Å². The highest BCUT2D eigenvalue weighted by molar-refractivity contribution is 7.91. The molecule has 1 aromatic rings. The van der Waals surface area contributed by atoms with Gasteiger partial charge in [-0.25, -0.2) is 8.42 Å². The van der Waals surface area contributed by atoms with Crippen LogP contribution in [-0.4, -0.2) is 51.5 Å². The lowest BCUT2D eigenvalue weighted by Gasteiger charge is -2.19. The van der Waals surface area contributed by atoms with Crippen molar-refractivity contribution in [3.8, 4) is 0 Å². The molecule has 1 saturated heterocycles. The second kappa shape index (κ2) is 7.38. The molecule has 0 amide bonds. The molecule has 0 aliphatic carbocycles. The van der Waals surface area contributed by atoms with Crippen molar-refractivity contribution in [2.45, 2.75) is 25.8 Å². The highest BCUT2D eigenvalue weighted by Crippen LogP contribution is 2.16. The van der Waals surface area contributed by atoms with E-state index < -0.39 is 9.84 Å². The summed E-state index contributed by atoms with van der Waals surface area (Å²) < 4.78 is 23.2. The van der Waals surface area contributed by atoms with Crippen LogP contribution in [-0.2, 0) is 16.4 Å². The zero-order chi connectivity index (χ0) is 15.3. The number of nitrogens with one attached hydrogen (secondary N) is 1. The summed E-state index contributed by atoms with van der Waals surface area (Å²) in [6, 6.07) is 8.71. The summed E-state index contributed by atoms with van der Waals surface area (Å²) in [6.07, 6.45) is 0.750. The van der Waals surface area contributed by atoms with Gasteiger partial charge in [0.1, 0.15) is 0 Å². The number of benzene rings is 1. The lowest BCUT2D eigenvalue weighted by molar-refractivity contribution is 0.287. The fourth-order valence-electron chi connectivity index (χ4n) is 2.78. The molecule has 1 heterocycles. The number of sulfone groups is 1. The van der Waals surface area contributed by atoms with Gasteiger partial charge in [-0.2, -0.15) is 0 Å². The maximum absolute atomic E-state index is 11.6. The molecule has 118 valence electrons. The Morgan fingerprint density at radius 1 is 1.19 bits per heavy atom. The van der Waals surface area contributed by atoms with E-state index in [0.29, 0.717) is 24.0 Å². The number of nitrogens with zero attached hydrogens (tertiary/aromatic N) is 1. The first-order valence-corrected chi connectivity index (χ1v) is 9.48. The van der Waals surface area contributed by atoms with Crippen LogP contribution in [0.3, 0.4) is 0 Å². The third-order valence-corrected chi connectivity index (χ3v) is 5.83. The van der Waals surface area contributed by atoms with Gasteiger partial charge in [0.15, 0.2) is 9.84 Å². The molecule has 21 heavy (non-hydrogen) atoms. The minimum Gasteiger partial charge on any atom is -0.319 e. The Morgan fingerprint density at radius 3 is 2.57 bits per heavy atom. The van der Waals surface area contributed by atoms with E-state index in [1.54, 1.807) is 0 Å². The first kappa shape index (κ1) is 16.5. The lowest BCUT2D eigenvalue weighted by Crippen LogP contribution is -2.26. The summed E-state index contributed by atoms with van der Waals surface area (Å²) in [5.41, 5.74) is 2.60. The van der Waals surface area contributed by atoms with Crippen molar-refractivity contribution < 1.29 is 8.42 Å². The van der Waals surface area contributed by atoms with Crippen molar-refractivity contribution in [1.29, 1.82) is 0 Å². The Hall–Kier alpha value is -0.910. The second-order valence-electron chi connectivity index (χ2n) is 5.98. The summed E-state index contributed by atoms with van der Waals surface area (Å²) in [6.45, 7) is 5.56. The van der Waals surface area contributed by atoms with E-state index in [4.69, 9.17) is 0 Å². The van der Waals surface area contributed by atoms with Crippen molar-refractivity contribution in [1.82, 2.24) is 10.2 Å². The normalized spacial score (nSPS) is 20.9. The monoisotopic (exact) mass is 310 g/mol. The van der Waals surface area contributed by atoms with Gasteiger partial charge in [0.25, 0.3) is 0 Å². The molecule has 1 N–H and O–H groups in total. The van der Waals surface area contributed by atoms with Crippen LogP contribution in [0.5, 0.6) is 0 Å². The first-order chi connectivity index (χ1) is 10.00. The molecule has 0 saturated carbocycles. The SMILES string of the molecule is CNCC(C)c1ccc(CN2CCCS(=O)(=O)CC2)cc1. The van der Waals surface area contributed by atoms with Crippen LogP contribution in [0, 0.1) is 0 Å².